The van der Waals surface area contributed by atoms with Crippen LogP contribution in [-0.4, -0.2) is 33.9 Å². The molecule has 0 amide bonds. The molecule has 2 aromatic carbocycles. The molecule has 0 atom stereocenters. The summed E-state index contributed by atoms with van der Waals surface area (Å²) in [6.45, 7) is 6.21. The van der Waals surface area contributed by atoms with Crippen LogP contribution in [0.3, 0.4) is 0 Å². The van der Waals surface area contributed by atoms with Crippen LogP contribution in [0, 0.1) is 5.41 Å². The van der Waals surface area contributed by atoms with Crippen LogP contribution in [0.25, 0.3) is 11.1 Å². The Hall–Kier alpha value is -2.05. The molecule has 29 heavy (non-hydrogen) atoms. The molecule has 158 valence electrons. The molecule has 0 bridgehead atoms. The monoisotopic (exact) mass is 416 g/mol. The molecule has 2 aromatic rings. The molecule has 6 heteroatoms. The zero-order chi connectivity index (χ0) is 20.9. The Kier molecular flexibility index (Phi) is 6.85. The Bertz CT molecular complexity index is 898. The van der Waals surface area contributed by atoms with Gasteiger partial charge in [-0.2, -0.15) is 0 Å². The summed E-state index contributed by atoms with van der Waals surface area (Å²) in [5, 5.41) is 3.61. The molecule has 0 unspecified atom stereocenters. The lowest BCUT2D eigenvalue weighted by molar-refractivity contribution is 0.200. The standard InChI is InChI=1S/C23H32N2O3S/c1-23(2)13-11-20(12-14-23)24-15-16-28-22-9-7-18(8-10-22)19-5-4-6-21(17-19)25-29(3,26)27/h4-10,17,20,24-25H,11-16H2,1-3H3. The molecule has 1 saturated carbocycles. The van der Waals surface area contributed by atoms with Gasteiger partial charge in [0.15, 0.2) is 0 Å². The van der Waals surface area contributed by atoms with E-state index in [1.807, 2.05) is 42.5 Å². The molecule has 0 radical (unpaired) electrons. The lowest BCUT2D eigenvalue weighted by Crippen LogP contribution is -2.37. The SMILES string of the molecule is CC1(C)CCC(NCCOc2ccc(-c3cccc(NS(C)(=O)=O)c3)cc2)CC1. The highest BCUT2D eigenvalue weighted by Crippen LogP contribution is 2.34. The van der Waals surface area contributed by atoms with Gasteiger partial charge in [0.2, 0.25) is 10.0 Å². The third-order valence-electron chi connectivity index (χ3n) is 5.50. The van der Waals surface area contributed by atoms with Gasteiger partial charge in [0, 0.05) is 18.3 Å². The second-order valence-electron chi connectivity index (χ2n) is 8.72. The molecule has 0 saturated heterocycles. The summed E-state index contributed by atoms with van der Waals surface area (Å²) in [7, 11) is -3.29. The first-order valence-corrected chi connectivity index (χ1v) is 12.1. The fraction of sp³-hybridized carbons (Fsp3) is 0.478. The van der Waals surface area contributed by atoms with Gasteiger partial charge in [0.05, 0.1) is 6.26 Å². The van der Waals surface area contributed by atoms with Crippen molar-refractivity contribution in [2.75, 3.05) is 24.1 Å². The second kappa shape index (κ2) is 9.18. The normalized spacial score (nSPS) is 17.1. The highest BCUT2D eigenvalue weighted by atomic mass is 32.2. The van der Waals surface area contributed by atoms with E-state index in [1.54, 1.807) is 6.07 Å². The molecule has 5 nitrogen and oxygen atoms in total. The van der Waals surface area contributed by atoms with E-state index in [4.69, 9.17) is 4.74 Å². The molecule has 1 fully saturated rings. The van der Waals surface area contributed by atoms with Crippen molar-refractivity contribution in [1.29, 1.82) is 0 Å². The van der Waals surface area contributed by atoms with E-state index in [2.05, 4.69) is 23.9 Å². The van der Waals surface area contributed by atoms with Crippen molar-refractivity contribution in [3.05, 3.63) is 48.5 Å². The van der Waals surface area contributed by atoms with E-state index in [-0.39, 0.29) is 0 Å². The van der Waals surface area contributed by atoms with Gasteiger partial charge in [-0.1, -0.05) is 38.1 Å². The maximum Gasteiger partial charge on any atom is 0.229 e. The van der Waals surface area contributed by atoms with Crippen LogP contribution < -0.4 is 14.8 Å². The van der Waals surface area contributed by atoms with Crippen molar-refractivity contribution in [2.24, 2.45) is 5.41 Å². The first-order valence-electron chi connectivity index (χ1n) is 10.2. The minimum absolute atomic E-state index is 0.497. The van der Waals surface area contributed by atoms with Gasteiger partial charge in [-0.05, 0) is 66.5 Å². The zero-order valence-corrected chi connectivity index (χ0v) is 18.4. The van der Waals surface area contributed by atoms with Crippen molar-refractivity contribution in [3.63, 3.8) is 0 Å². The predicted octanol–water partition coefficient (Wildman–Crippen LogP) is 4.66. The Labute approximate surface area is 174 Å². The van der Waals surface area contributed by atoms with E-state index < -0.39 is 10.0 Å². The van der Waals surface area contributed by atoms with Gasteiger partial charge in [-0.15, -0.1) is 0 Å². The summed E-state index contributed by atoms with van der Waals surface area (Å²) in [6, 6.07) is 15.9. The van der Waals surface area contributed by atoms with Crippen molar-refractivity contribution >= 4 is 15.7 Å². The number of ether oxygens (including phenoxy) is 1. The van der Waals surface area contributed by atoms with Gasteiger partial charge in [-0.25, -0.2) is 8.42 Å². The number of anilines is 1. The molecule has 0 heterocycles. The lowest BCUT2D eigenvalue weighted by atomic mass is 9.75. The van der Waals surface area contributed by atoms with Crippen LogP contribution in [0.5, 0.6) is 5.75 Å². The molecule has 1 aliphatic rings. The van der Waals surface area contributed by atoms with Crippen molar-refractivity contribution in [2.45, 2.75) is 45.6 Å². The third-order valence-corrected chi connectivity index (χ3v) is 6.10. The van der Waals surface area contributed by atoms with Crippen LogP contribution in [0.2, 0.25) is 0 Å². The van der Waals surface area contributed by atoms with Gasteiger partial charge in [0.1, 0.15) is 12.4 Å². The molecule has 1 aliphatic carbocycles. The Morgan fingerprint density at radius 1 is 1.03 bits per heavy atom. The molecule has 0 spiro atoms. The van der Waals surface area contributed by atoms with E-state index in [9.17, 15) is 8.42 Å². The van der Waals surface area contributed by atoms with E-state index in [1.165, 1.54) is 25.7 Å². The lowest BCUT2D eigenvalue weighted by Gasteiger charge is -2.34. The molecular formula is C23H32N2O3S. The number of benzene rings is 2. The first-order chi connectivity index (χ1) is 13.7. The number of hydrogen-bond acceptors (Lipinski definition) is 4. The van der Waals surface area contributed by atoms with Crippen LogP contribution in [0.1, 0.15) is 39.5 Å². The van der Waals surface area contributed by atoms with E-state index >= 15 is 0 Å². The van der Waals surface area contributed by atoms with Gasteiger partial charge in [-0.3, -0.25) is 4.72 Å². The fourth-order valence-electron chi connectivity index (χ4n) is 3.76. The summed E-state index contributed by atoms with van der Waals surface area (Å²) in [6.07, 6.45) is 6.21. The average molecular weight is 417 g/mol. The highest BCUT2D eigenvalue weighted by Gasteiger charge is 2.26. The van der Waals surface area contributed by atoms with Crippen LogP contribution in [0.4, 0.5) is 5.69 Å². The molecular weight excluding hydrogens is 384 g/mol. The van der Waals surface area contributed by atoms with Crippen LogP contribution in [-0.2, 0) is 10.0 Å². The first kappa shape index (κ1) is 21.7. The summed E-state index contributed by atoms with van der Waals surface area (Å²) in [5.41, 5.74) is 3.02. The molecule has 0 aliphatic heterocycles. The quantitative estimate of drug-likeness (QED) is 0.614. The Balaban J connectivity index is 1.47. The average Bonchev–Trinajstić information content (AvgIpc) is 2.66. The van der Waals surface area contributed by atoms with Gasteiger partial charge in [0.25, 0.3) is 0 Å². The van der Waals surface area contributed by atoms with Crippen LogP contribution in [0.15, 0.2) is 48.5 Å². The minimum atomic E-state index is -3.29. The number of hydrogen-bond donors (Lipinski definition) is 2. The molecule has 3 rings (SSSR count). The fourth-order valence-corrected chi connectivity index (χ4v) is 4.31. The number of nitrogens with one attached hydrogen (secondary N) is 2. The second-order valence-corrected chi connectivity index (χ2v) is 10.5. The molecule has 2 N–H and O–H groups in total. The Morgan fingerprint density at radius 3 is 2.38 bits per heavy atom. The van der Waals surface area contributed by atoms with Crippen molar-refractivity contribution < 1.29 is 13.2 Å². The predicted molar refractivity (Wildman–Crippen MR) is 120 cm³/mol. The summed E-state index contributed by atoms with van der Waals surface area (Å²) in [4.78, 5) is 0. The summed E-state index contributed by atoms with van der Waals surface area (Å²) < 4.78 is 31.2. The number of rotatable bonds is 8. The van der Waals surface area contributed by atoms with Gasteiger partial charge >= 0.3 is 0 Å². The van der Waals surface area contributed by atoms with Crippen molar-refractivity contribution in [1.82, 2.24) is 5.32 Å². The Morgan fingerprint density at radius 2 is 1.72 bits per heavy atom. The largest absolute Gasteiger partial charge is 0.492 e. The highest BCUT2D eigenvalue weighted by molar-refractivity contribution is 7.92. The minimum Gasteiger partial charge on any atom is -0.492 e. The number of sulfonamides is 1. The van der Waals surface area contributed by atoms with Crippen molar-refractivity contribution in [3.8, 4) is 16.9 Å². The maximum atomic E-state index is 11.4. The van der Waals surface area contributed by atoms with Gasteiger partial charge < -0.3 is 10.1 Å². The summed E-state index contributed by atoms with van der Waals surface area (Å²) >= 11 is 0. The maximum absolute atomic E-state index is 11.4. The topological polar surface area (TPSA) is 67.4 Å². The smallest absolute Gasteiger partial charge is 0.229 e. The van der Waals surface area contributed by atoms with E-state index in [0.29, 0.717) is 23.8 Å². The van der Waals surface area contributed by atoms with E-state index in [0.717, 1.165) is 29.7 Å². The zero-order valence-electron chi connectivity index (χ0n) is 17.6. The molecule has 0 aromatic heterocycles. The van der Waals surface area contributed by atoms with Crippen LogP contribution >= 0.6 is 0 Å². The summed E-state index contributed by atoms with van der Waals surface area (Å²) in [5.74, 6) is 0.839. The third kappa shape index (κ3) is 7.05.